The quantitative estimate of drug-likeness (QED) is 0.644. The molecule has 29 heavy (non-hydrogen) atoms. The van der Waals surface area contributed by atoms with E-state index in [9.17, 15) is 9.59 Å². The average Bonchev–Trinajstić information content (AvgIpc) is 2.73. The van der Waals surface area contributed by atoms with Gasteiger partial charge in [0.05, 0.1) is 19.7 Å². The first kappa shape index (κ1) is 20.5. The number of carbonyl (C=O) groups is 1. The predicted molar refractivity (Wildman–Crippen MR) is 114 cm³/mol. The Morgan fingerprint density at radius 3 is 2.52 bits per heavy atom. The highest BCUT2D eigenvalue weighted by Gasteiger charge is 2.10. The van der Waals surface area contributed by atoms with Crippen molar-refractivity contribution in [3.63, 3.8) is 0 Å². The summed E-state index contributed by atoms with van der Waals surface area (Å²) in [6, 6.07) is 11.4. The summed E-state index contributed by atoms with van der Waals surface area (Å²) in [6.45, 7) is 4.39. The van der Waals surface area contributed by atoms with Crippen LogP contribution in [0.1, 0.15) is 28.7 Å². The van der Waals surface area contributed by atoms with Crippen LogP contribution < -0.4 is 20.3 Å². The molecular weight excluding hydrogens is 368 g/mol. The Morgan fingerprint density at radius 1 is 1.03 bits per heavy atom. The van der Waals surface area contributed by atoms with E-state index in [1.165, 1.54) is 0 Å². The van der Waals surface area contributed by atoms with Gasteiger partial charge in [0.25, 0.3) is 5.56 Å². The molecule has 2 N–H and O–H groups in total. The van der Waals surface area contributed by atoms with Gasteiger partial charge in [-0.1, -0.05) is 18.2 Å². The maximum Gasteiger partial charge on any atom is 0.251 e. The standard InChI is InChI=1S/C23H26N2O4/c1-14-5-7-17-12-18(23(27)25-22(17)15(14)2)8-10-21(26)24-13-16-6-9-19(28-3)20(11-16)29-4/h5-7,9,11-12H,8,10,13H2,1-4H3,(H,24,26)(H,25,27). The molecule has 0 unspecified atom stereocenters. The SMILES string of the molecule is COc1ccc(CNC(=O)CCc2cc3ccc(C)c(C)c3[nH]c2=O)cc1OC. The van der Waals surface area contributed by atoms with Gasteiger partial charge in [0.15, 0.2) is 11.5 Å². The van der Waals surface area contributed by atoms with Crippen molar-refractivity contribution >= 4 is 16.8 Å². The van der Waals surface area contributed by atoms with Crippen molar-refractivity contribution in [1.82, 2.24) is 10.3 Å². The Balaban J connectivity index is 1.63. The number of aromatic nitrogens is 1. The summed E-state index contributed by atoms with van der Waals surface area (Å²) in [7, 11) is 3.15. The van der Waals surface area contributed by atoms with E-state index in [2.05, 4.69) is 10.3 Å². The number of methoxy groups -OCH3 is 2. The summed E-state index contributed by atoms with van der Waals surface area (Å²) >= 11 is 0. The third-order valence-electron chi connectivity index (χ3n) is 5.19. The van der Waals surface area contributed by atoms with Gasteiger partial charge in [-0.15, -0.1) is 0 Å². The summed E-state index contributed by atoms with van der Waals surface area (Å²) in [5, 5.41) is 3.86. The first-order valence-corrected chi connectivity index (χ1v) is 9.52. The van der Waals surface area contributed by atoms with Crippen LogP contribution in [-0.2, 0) is 17.8 Å². The average molecular weight is 394 g/mol. The summed E-state index contributed by atoms with van der Waals surface area (Å²) in [6.07, 6.45) is 0.628. The van der Waals surface area contributed by atoms with Crippen molar-refractivity contribution in [3.05, 3.63) is 69.0 Å². The third kappa shape index (κ3) is 4.59. The molecular formula is C23H26N2O4. The lowest BCUT2D eigenvalue weighted by Gasteiger charge is -2.11. The minimum absolute atomic E-state index is 0.112. The molecule has 0 fully saturated rings. The highest BCUT2D eigenvalue weighted by atomic mass is 16.5. The van der Waals surface area contributed by atoms with E-state index >= 15 is 0 Å². The van der Waals surface area contributed by atoms with Crippen LogP contribution in [0.25, 0.3) is 10.9 Å². The Kier molecular flexibility index (Phi) is 6.22. The van der Waals surface area contributed by atoms with Gasteiger partial charge in [-0.25, -0.2) is 0 Å². The van der Waals surface area contributed by atoms with E-state index in [0.29, 0.717) is 30.0 Å². The zero-order valence-corrected chi connectivity index (χ0v) is 17.2. The van der Waals surface area contributed by atoms with Crippen molar-refractivity contribution in [2.24, 2.45) is 0 Å². The van der Waals surface area contributed by atoms with Crippen LogP contribution >= 0.6 is 0 Å². The largest absolute Gasteiger partial charge is 0.493 e. The predicted octanol–water partition coefficient (Wildman–Crippen LogP) is 3.41. The van der Waals surface area contributed by atoms with Crippen molar-refractivity contribution < 1.29 is 14.3 Å². The molecule has 0 aliphatic carbocycles. The number of hydrogen-bond donors (Lipinski definition) is 2. The van der Waals surface area contributed by atoms with Crippen LogP contribution in [0, 0.1) is 13.8 Å². The van der Waals surface area contributed by atoms with Gasteiger partial charge in [0.1, 0.15) is 0 Å². The summed E-state index contributed by atoms with van der Waals surface area (Å²) in [5.74, 6) is 1.15. The number of hydrogen-bond acceptors (Lipinski definition) is 4. The molecule has 3 aromatic rings. The zero-order valence-electron chi connectivity index (χ0n) is 17.2. The first-order valence-electron chi connectivity index (χ1n) is 9.52. The Bertz CT molecular complexity index is 1100. The number of carbonyl (C=O) groups excluding carboxylic acids is 1. The smallest absolute Gasteiger partial charge is 0.251 e. The van der Waals surface area contributed by atoms with Gasteiger partial charge in [-0.3, -0.25) is 9.59 Å². The Hall–Kier alpha value is -3.28. The Labute approximate surface area is 169 Å². The van der Waals surface area contributed by atoms with Gasteiger partial charge in [-0.05, 0) is 60.5 Å². The molecule has 6 nitrogen and oxygen atoms in total. The van der Waals surface area contributed by atoms with E-state index in [1.807, 2.05) is 44.2 Å². The second-order valence-electron chi connectivity index (χ2n) is 7.06. The van der Waals surface area contributed by atoms with E-state index in [1.54, 1.807) is 20.3 Å². The zero-order chi connectivity index (χ0) is 21.0. The van der Waals surface area contributed by atoms with Crippen LogP contribution in [0.4, 0.5) is 0 Å². The molecule has 0 bridgehead atoms. The molecule has 0 aliphatic rings. The molecule has 2 aromatic carbocycles. The second kappa shape index (κ2) is 8.82. The molecule has 0 radical (unpaired) electrons. The van der Waals surface area contributed by atoms with E-state index < -0.39 is 0 Å². The molecule has 3 rings (SSSR count). The minimum atomic E-state index is -0.140. The molecule has 1 aromatic heterocycles. The van der Waals surface area contributed by atoms with Crippen molar-refractivity contribution in [2.45, 2.75) is 33.2 Å². The fourth-order valence-electron chi connectivity index (χ4n) is 3.28. The molecule has 0 saturated heterocycles. The van der Waals surface area contributed by atoms with Crippen LogP contribution in [0.3, 0.4) is 0 Å². The van der Waals surface area contributed by atoms with Gasteiger partial charge in [0.2, 0.25) is 5.91 Å². The fraction of sp³-hybridized carbons (Fsp3) is 0.304. The third-order valence-corrected chi connectivity index (χ3v) is 5.19. The number of rotatable bonds is 7. The van der Waals surface area contributed by atoms with E-state index in [-0.39, 0.29) is 17.9 Å². The van der Waals surface area contributed by atoms with Crippen LogP contribution in [0.2, 0.25) is 0 Å². The number of benzene rings is 2. The van der Waals surface area contributed by atoms with Gasteiger partial charge < -0.3 is 19.8 Å². The number of aryl methyl sites for hydroxylation is 3. The lowest BCUT2D eigenvalue weighted by Crippen LogP contribution is -2.24. The molecule has 1 heterocycles. The van der Waals surface area contributed by atoms with Gasteiger partial charge in [-0.2, -0.15) is 0 Å². The number of fused-ring (bicyclic) bond motifs is 1. The Morgan fingerprint density at radius 2 is 1.79 bits per heavy atom. The molecule has 152 valence electrons. The maximum atomic E-state index is 12.4. The topological polar surface area (TPSA) is 80.4 Å². The summed E-state index contributed by atoms with van der Waals surface area (Å²) in [4.78, 5) is 27.6. The number of pyridine rings is 1. The number of ether oxygens (including phenoxy) is 2. The molecule has 0 aliphatic heterocycles. The lowest BCUT2D eigenvalue weighted by molar-refractivity contribution is -0.121. The summed E-state index contributed by atoms with van der Waals surface area (Å²) in [5.41, 5.74) is 4.44. The second-order valence-corrected chi connectivity index (χ2v) is 7.06. The first-order chi connectivity index (χ1) is 13.9. The van der Waals surface area contributed by atoms with Crippen molar-refractivity contribution in [3.8, 4) is 11.5 Å². The lowest BCUT2D eigenvalue weighted by atomic mass is 10.0. The monoisotopic (exact) mass is 394 g/mol. The van der Waals surface area contributed by atoms with Crippen molar-refractivity contribution in [1.29, 1.82) is 0 Å². The van der Waals surface area contributed by atoms with Gasteiger partial charge >= 0.3 is 0 Å². The van der Waals surface area contributed by atoms with Crippen LogP contribution in [-0.4, -0.2) is 25.1 Å². The highest BCUT2D eigenvalue weighted by Crippen LogP contribution is 2.27. The number of amides is 1. The molecule has 0 spiro atoms. The van der Waals surface area contributed by atoms with E-state index in [0.717, 1.165) is 27.6 Å². The summed E-state index contributed by atoms with van der Waals surface area (Å²) < 4.78 is 10.5. The van der Waals surface area contributed by atoms with Crippen LogP contribution in [0.15, 0.2) is 41.2 Å². The van der Waals surface area contributed by atoms with Gasteiger partial charge in [0, 0.05) is 18.5 Å². The number of H-pyrrole nitrogens is 1. The molecule has 6 heteroatoms. The highest BCUT2D eigenvalue weighted by molar-refractivity contribution is 5.83. The van der Waals surface area contributed by atoms with E-state index in [4.69, 9.17) is 9.47 Å². The molecule has 0 atom stereocenters. The van der Waals surface area contributed by atoms with Crippen molar-refractivity contribution in [2.75, 3.05) is 14.2 Å². The van der Waals surface area contributed by atoms with Crippen LogP contribution in [0.5, 0.6) is 11.5 Å². The number of aromatic amines is 1. The maximum absolute atomic E-state index is 12.4. The normalized spacial score (nSPS) is 10.8. The molecule has 0 saturated carbocycles. The number of nitrogens with one attached hydrogen (secondary N) is 2. The molecule has 1 amide bonds. The minimum Gasteiger partial charge on any atom is -0.493 e. The fourth-order valence-corrected chi connectivity index (χ4v) is 3.28.